The van der Waals surface area contributed by atoms with Gasteiger partial charge >= 0.3 is 5.97 Å². The molecule has 20 heavy (non-hydrogen) atoms. The Bertz CT molecular complexity index is 654. The summed E-state index contributed by atoms with van der Waals surface area (Å²) in [6, 6.07) is 7.04. The van der Waals surface area contributed by atoms with Crippen molar-refractivity contribution in [2.45, 2.75) is 12.8 Å². The molecule has 8 heteroatoms. The van der Waals surface area contributed by atoms with Crippen molar-refractivity contribution < 1.29 is 15.1 Å². The number of hydrogen-bond acceptors (Lipinski definition) is 6. The number of oxime groups is 1. The minimum absolute atomic E-state index is 0.000329. The molecule has 0 atom stereocenters. The van der Waals surface area contributed by atoms with Crippen molar-refractivity contribution in [3.05, 3.63) is 35.7 Å². The SMILES string of the molecule is N/C(=N\O)c1cccc(-c2nc(CCC(=O)O)ns2)c1. The molecule has 0 aliphatic carbocycles. The lowest BCUT2D eigenvalue weighted by Gasteiger charge is -2.00. The minimum atomic E-state index is -0.879. The fourth-order valence-corrected chi connectivity index (χ4v) is 2.26. The number of amidine groups is 1. The predicted octanol–water partition coefficient (Wildman–Crippen LogP) is 1.32. The highest BCUT2D eigenvalue weighted by Crippen LogP contribution is 2.22. The Balaban J connectivity index is 2.21. The highest BCUT2D eigenvalue weighted by Gasteiger charge is 2.09. The standard InChI is InChI=1S/C12H12N4O3S/c13-11(15-19)7-2-1-3-8(6-7)12-14-9(16-20-12)4-5-10(17)18/h1-3,6,19H,4-5H2,(H2,13,15)(H,17,18). The van der Waals surface area contributed by atoms with Crippen LogP contribution < -0.4 is 5.73 Å². The van der Waals surface area contributed by atoms with Crippen molar-refractivity contribution in [3.8, 4) is 10.6 Å². The smallest absolute Gasteiger partial charge is 0.303 e. The molecule has 0 aliphatic heterocycles. The number of nitrogens with zero attached hydrogens (tertiary/aromatic N) is 3. The van der Waals surface area contributed by atoms with E-state index >= 15 is 0 Å². The number of nitrogens with two attached hydrogens (primary N) is 1. The first kappa shape index (κ1) is 13.9. The van der Waals surface area contributed by atoms with Crippen molar-refractivity contribution in [2.24, 2.45) is 10.9 Å². The molecule has 1 heterocycles. The number of aromatic nitrogens is 2. The van der Waals surface area contributed by atoms with Gasteiger partial charge in [0.05, 0.1) is 6.42 Å². The molecule has 4 N–H and O–H groups in total. The van der Waals surface area contributed by atoms with Gasteiger partial charge in [0.25, 0.3) is 0 Å². The number of carboxylic acid groups (broad SMARTS) is 1. The summed E-state index contributed by atoms with van der Waals surface area (Å²) in [4.78, 5) is 14.8. The molecule has 1 aromatic carbocycles. The van der Waals surface area contributed by atoms with E-state index in [-0.39, 0.29) is 12.3 Å². The quantitative estimate of drug-likeness (QED) is 0.330. The summed E-state index contributed by atoms with van der Waals surface area (Å²) in [6.07, 6.45) is 0.298. The summed E-state index contributed by atoms with van der Waals surface area (Å²) < 4.78 is 4.12. The van der Waals surface area contributed by atoms with Crippen LogP contribution in [-0.2, 0) is 11.2 Å². The third-order valence-electron chi connectivity index (χ3n) is 2.54. The number of aliphatic carboxylic acids is 1. The Labute approximate surface area is 118 Å². The normalized spacial score (nSPS) is 11.5. The fourth-order valence-electron chi connectivity index (χ4n) is 1.56. The van der Waals surface area contributed by atoms with Crippen molar-refractivity contribution in [3.63, 3.8) is 0 Å². The molecule has 104 valence electrons. The number of carbonyl (C=O) groups is 1. The zero-order valence-corrected chi connectivity index (χ0v) is 11.2. The van der Waals surface area contributed by atoms with Crippen LogP contribution in [0.3, 0.4) is 0 Å². The van der Waals surface area contributed by atoms with Gasteiger partial charge in [-0.2, -0.15) is 4.37 Å². The largest absolute Gasteiger partial charge is 0.481 e. The number of aryl methyl sites for hydroxylation is 1. The fraction of sp³-hybridized carbons (Fsp3) is 0.167. The van der Waals surface area contributed by atoms with Gasteiger partial charge in [-0.05, 0) is 17.6 Å². The van der Waals surface area contributed by atoms with Crippen molar-refractivity contribution in [1.29, 1.82) is 0 Å². The van der Waals surface area contributed by atoms with E-state index in [4.69, 9.17) is 16.0 Å². The summed E-state index contributed by atoms with van der Waals surface area (Å²) in [7, 11) is 0. The third kappa shape index (κ3) is 3.29. The van der Waals surface area contributed by atoms with E-state index in [1.165, 1.54) is 11.5 Å². The summed E-state index contributed by atoms with van der Waals surface area (Å²) in [5.41, 5.74) is 6.89. The van der Waals surface area contributed by atoms with Crippen LogP contribution in [0, 0.1) is 0 Å². The average Bonchev–Trinajstić information content (AvgIpc) is 2.93. The molecule has 7 nitrogen and oxygen atoms in total. The second-order valence-electron chi connectivity index (χ2n) is 3.98. The topological polar surface area (TPSA) is 122 Å². The third-order valence-corrected chi connectivity index (χ3v) is 3.35. The van der Waals surface area contributed by atoms with Crippen LogP contribution in [0.2, 0.25) is 0 Å². The lowest BCUT2D eigenvalue weighted by Crippen LogP contribution is -2.12. The summed E-state index contributed by atoms with van der Waals surface area (Å²) in [6.45, 7) is 0. The molecule has 0 saturated carbocycles. The van der Waals surface area contributed by atoms with Gasteiger partial charge in [-0.1, -0.05) is 23.4 Å². The lowest BCUT2D eigenvalue weighted by atomic mass is 10.1. The number of benzene rings is 1. The Kier molecular flexibility index (Phi) is 4.26. The van der Waals surface area contributed by atoms with Gasteiger partial charge in [0.15, 0.2) is 5.84 Å². The Morgan fingerprint density at radius 3 is 2.95 bits per heavy atom. The van der Waals surface area contributed by atoms with Gasteiger partial charge in [0, 0.05) is 17.5 Å². The molecule has 0 bridgehead atoms. The van der Waals surface area contributed by atoms with Crippen molar-refractivity contribution in [2.75, 3.05) is 0 Å². The minimum Gasteiger partial charge on any atom is -0.481 e. The highest BCUT2D eigenvalue weighted by molar-refractivity contribution is 7.09. The Morgan fingerprint density at radius 1 is 1.45 bits per heavy atom. The van der Waals surface area contributed by atoms with Crippen LogP contribution in [0.5, 0.6) is 0 Å². The molecule has 1 aromatic heterocycles. The average molecular weight is 292 g/mol. The monoisotopic (exact) mass is 292 g/mol. The maximum atomic E-state index is 10.5. The predicted molar refractivity (Wildman–Crippen MR) is 73.8 cm³/mol. The molecule has 0 unspecified atom stereocenters. The van der Waals surface area contributed by atoms with Crippen LogP contribution in [-0.4, -0.2) is 31.5 Å². The maximum Gasteiger partial charge on any atom is 0.303 e. The molecule has 0 saturated heterocycles. The Morgan fingerprint density at radius 2 is 2.25 bits per heavy atom. The van der Waals surface area contributed by atoms with E-state index in [1.807, 2.05) is 6.07 Å². The van der Waals surface area contributed by atoms with E-state index < -0.39 is 5.97 Å². The molecule has 2 aromatic rings. The van der Waals surface area contributed by atoms with Gasteiger partial charge in [0.1, 0.15) is 10.8 Å². The second kappa shape index (κ2) is 6.11. The summed E-state index contributed by atoms with van der Waals surface area (Å²) in [5.74, 6) is -0.362. The van der Waals surface area contributed by atoms with Crippen LogP contribution >= 0.6 is 11.5 Å². The van der Waals surface area contributed by atoms with Crippen molar-refractivity contribution >= 4 is 23.3 Å². The summed E-state index contributed by atoms with van der Waals surface area (Å²) >= 11 is 1.19. The highest BCUT2D eigenvalue weighted by atomic mass is 32.1. The molecule has 0 spiro atoms. The Hall–Kier alpha value is -2.48. The zero-order chi connectivity index (χ0) is 14.5. The summed E-state index contributed by atoms with van der Waals surface area (Å²) in [5, 5.41) is 20.9. The first-order valence-electron chi connectivity index (χ1n) is 5.73. The van der Waals surface area contributed by atoms with Crippen LogP contribution in [0.1, 0.15) is 17.8 Å². The van der Waals surface area contributed by atoms with Gasteiger partial charge in [-0.25, -0.2) is 4.98 Å². The van der Waals surface area contributed by atoms with Crippen LogP contribution in [0.25, 0.3) is 10.6 Å². The van der Waals surface area contributed by atoms with Crippen LogP contribution in [0.4, 0.5) is 0 Å². The molecule has 0 aliphatic rings. The molecular formula is C12H12N4O3S. The van der Waals surface area contributed by atoms with Gasteiger partial charge in [-0.15, -0.1) is 0 Å². The van der Waals surface area contributed by atoms with E-state index in [0.29, 0.717) is 22.8 Å². The first-order chi connectivity index (χ1) is 9.60. The van der Waals surface area contributed by atoms with E-state index in [0.717, 1.165) is 5.56 Å². The van der Waals surface area contributed by atoms with E-state index in [2.05, 4.69) is 14.5 Å². The second-order valence-corrected chi connectivity index (χ2v) is 4.73. The van der Waals surface area contributed by atoms with Gasteiger partial charge in [-0.3, -0.25) is 4.79 Å². The number of carboxylic acids is 1. The maximum absolute atomic E-state index is 10.5. The number of rotatable bonds is 5. The molecule has 0 amide bonds. The van der Waals surface area contributed by atoms with Gasteiger partial charge < -0.3 is 16.0 Å². The lowest BCUT2D eigenvalue weighted by molar-refractivity contribution is -0.137. The number of hydrogen-bond donors (Lipinski definition) is 3. The zero-order valence-electron chi connectivity index (χ0n) is 10.4. The molecule has 0 fully saturated rings. The first-order valence-corrected chi connectivity index (χ1v) is 6.50. The molecule has 0 radical (unpaired) electrons. The van der Waals surface area contributed by atoms with Crippen LogP contribution in [0.15, 0.2) is 29.4 Å². The molecular weight excluding hydrogens is 280 g/mol. The van der Waals surface area contributed by atoms with E-state index in [1.54, 1.807) is 18.2 Å². The molecule has 2 rings (SSSR count). The van der Waals surface area contributed by atoms with Crippen molar-refractivity contribution in [1.82, 2.24) is 9.36 Å². The van der Waals surface area contributed by atoms with Gasteiger partial charge in [0.2, 0.25) is 0 Å². The van der Waals surface area contributed by atoms with E-state index in [9.17, 15) is 4.79 Å².